The Labute approximate surface area is 137 Å². The van der Waals surface area contributed by atoms with Gasteiger partial charge in [-0.05, 0) is 24.3 Å². The van der Waals surface area contributed by atoms with Gasteiger partial charge in [0.2, 0.25) is 0 Å². The molecule has 1 amide bonds. The molecule has 3 N–H and O–H groups in total. The number of rotatable bonds is 4. The Morgan fingerprint density at radius 2 is 1.86 bits per heavy atom. The first kappa shape index (κ1) is 16.3. The number of anilines is 1. The quantitative estimate of drug-likeness (QED) is 0.832. The van der Waals surface area contributed by atoms with E-state index < -0.39 is 6.09 Å². The van der Waals surface area contributed by atoms with E-state index in [1.165, 1.54) is 6.07 Å². The SMILES string of the molecule is NCC(=O)c1cccc(OC(=O)Nc2cccc(Cl)c2Cl)c1. The van der Waals surface area contributed by atoms with Gasteiger partial charge in [-0.25, -0.2) is 4.79 Å². The number of carbonyl (C=O) groups is 2. The molecule has 5 nitrogen and oxygen atoms in total. The van der Waals surface area contributed by atoms with Crippen LogP contribution in [-0.2, 0) is 0 Å². The first-order chi connectivity index (χ1) is 10.5. The fourth-order valence-electron chi connectivity index (χ4n) is 1.69. The second-order valence-corrected chi connectivity index (χ2v) is 5.06. The van der Waals surface area contributed by atoms with Crippen LogP contribution < -0.4 is 15.8 Å². The van der Waals surface area contributed by atoms with E-state index in [-0.39, 0.29) is 23.1 Å². The summed E-state index contributed by atoms with van der Waals surface area (Å²) in [4.78, 5) is 23.4. The van der Waals surface area contributed by atoms with Crippen LogP contribution >= 0.6 is 23.2 Å². The van der Waals surface area contributed by atoms with Gasteiger partial charge in [-0.1, -0.05) is 41.4 Å². The molecule has 0 fully saturated rings. The maximum absolute atomic E-state index is 11.9. The van der Waals surface area contributed by atoms with Crippen LogP contribution in [0, 0.1) is 0 Å². The van der Waals surface area contributed by atoms with Crippen LogP contribution in [0.15, 0.2) is 42.5 Å². The second kappa shape index (κ2) is 7.26. The maximum atomic E-state index is 11.9. The highest BCUT2D eigenvalue weighted by molar-refractivity contribution is 6.43. The topological polar surface area (TPSA) is 81.4 Å². The van der Waals surface area contributed by atoms with Gasteiger partial charge in [0, 0.05) is 5.56 Å². The van der Waals surface area contributed by atoms with E-state index in [1.807, 2.05) is 0 Å². The van der Waals surface area contributed by atoms with Crippen molar-refractivity contribution in [1.82, 2.24) is 0 Å². The Balaban J connectivity index is 2.09. The molecule has 0 spiro atoms. The first-order valence-electron chi connectivity index (χ1n) is 6.27. The lowest BCUT2D eigenvalue weighted by molar-refractivity contribution is 0.100. The lowest BCUT2D eigenvalue weighted by atomic mass is 10.1. The number of carbonyl (C=O) groups excluding carboxylic acids is 2. The number of benzene rings is 2. The average Bonchev–Trinajstić information content (AvgIpc) is 2.51. The standard InChI is InChI=1S/C15H12Cl2N2O3/c16-11-5-2-6-12(14(11)17)19-15(21)22-10-4-1-3-9(7-10)13(20)8-18/h1-7H,8,18H2,(H,19,21). The molecule has 22 heavy (non-hydrogen) atoms. The molecule has 114 valence electrons. The summed E-state index contributed by atoms with van der Waals surface area (Å²) in [6.07, 6.45) is -0.749. The molecule has 0 aliphatic carbocycles. The Morgan fingerprint density at radius 3 is 2.59 bits per heavy atom. The number of ether oxygens (including phenoxy) is 1. The molecule has 0 bridgehead atoms. The second-order valence-electron chi connectivity index (χ2n) is 4.27. The number of nitrogens with one attached hydrogen (secondary N) is 1. The van der Waals surface area contributed by atoms with Crippen molar-refractivity contribution in [2.75, 3.05) is 11.9 Å². The molecular weight excluding hydrogens is 327 g/mol. The van der Waals surface area contributed by atoms with Gasteiger partial charge in [-0.15, -0.1) is 0 Å². The molecule has 0 aliphatic heterocycles. The van der Waals surface area contributed by atoms with Crippen molar-refractivity contribution in [3.05, 3.63) is 58.1 Å². The monoisotopic (exact) mass is 338 g/mol. The van der Waals surface area contributed by atoms with E-state index in [2.05, 4.69) is 5.32 Å². The van der Waals surface area contributed by atoms with E-state index >= 15 is 0 Å². The van der Waals surface area contributed by atoms with E-state index in [9.17, 15) is 9.59 Å². The van der Waals surface area contributed by atoms with Gasteiger partial charge >= 0.3 is 6.09 Å². The summed E-state index contributed by atoms with van der Waals surface area (Å²) in [5.74, 6) is -0.0290. The molecule has 2 aromatic rings. The number of halogens is 2. The molecule has 0 saturated heterocycles. The summed E-state index contributed by atoms with van der Waals surface area (Å²) in [6.45, 7) is -0.117. The number of hydrogen-bond donors (Lipinski definition) is 2. The third-order valence-electron chi connectivity index (χ3n) is 2.74. The number of Topliss-reactive ketones (excluding diaryl/α,β-unsaturated/α-hetero) is 1. The summed E-state index contributed by atoms with van der Waals surface area (Å²) >= 11 is 11.8. The lowest BCUT2D eigenvalue weighted by Gasteiger charge is -2.09. The normalized spacial score (nSPS) is 10.1. The van der Waals surface area contributed by atoms with Gasteiger partial charge in [0.05, 0.1) is 22.3 Å². The zero-order valence-corrected chi connectivity index (χ0v) is 12.8. The van der Waals surface area contributed by atoms with Crippen molar-refractivity contribution >= 4 is 40.8 Å². The minimum absolute atomic E-state index is 0.117. The van der Waals surface area contributed by atoms with Gasteiger partial charge in [-0.2, -0.15) is 0 Å². The molecule has 0 unspecified atom stereocenters. The van der Waals surface area contributed by atoms with E-state index in [0.29, 0.717) is 16.3 Å². The molecular formula is C15H12Cl2N2O3. The van der Waals surface area contributed by atoms with Crippen molar-refractivity contribution in [3.63, 3.8) is 0 Å². The highest BCUT2D eigenvalue weighted by atomic mass is 35.5. The Bertz CT molecular complexity index is 720. The van der Waals surface area contributed by atoms with Crippen LogP contribution in [0.2, 0.25) is 10.0 Å². The molecule has 0 saturated carbocycles. The largest absolute Gasteiger partial charge is 0.417 e. The molecule has 0 radical (unpaired) electrons. The minimum Gasteiger partial charge on any atom is -0.410 e. The summed E-state index contributed by atoms with van der Waals surface area (Å²) in [7, 11) is 0. The molecule has 0 aliphatic rings. The highest BCUT2D eigenvalue weighted by Gasteiger charge is 2.11. The maximum Gasteiger partial charge on any atom is 0.417 e. The molecule has 2 rings (SSSR count). The van der Waals surface area contributed by atoms with E-state index in [4.69, 9.17) is 33.7 Å². The molecule has 7 heteroatoms. The third-order valence-corrected chi connectivity index (χ3v) is 3.56. The summed E-state index contributed by atoms with van der Waals surface area (Å²) < 4.78 is 5.10. The predicted molar refractivity (Wildman–Crippen MR) is 85.9 cm³/mol. The molecule has 2 aromatic carbocycles. The van der Waals surface area contributed by atoms with Gasteiger partial charge in [0.15, 0.2) is 5.78 Å². The fraction of sp³-hybridized carbons (Fsp3) is 0.0667. The smallest absolute Gasteiger partial charge is 0.410 e. The average molecular weight is 339 g/mol. The third kappa shape index (κ3) is 3.98. The molecule has 0 heterocycles. The van der Waals surface area contributed by atoms with Crippen molar-refractivity contribution in [2.45, 2.75) is 0 Å². The number of nitrogens with two attached hydrogens (primary N) is 1. The highest BCUT2D eigenvalue weighted by Crippen LogP contribution is 2.29. The number of ketones is 1. The van der Waals surface area contributed by atoms with Gasteiger partial charge in [0.1, 0.15) is 5.75 Å². The van der Waals surface area contributed by atoms with E-state index in [1.54, 1.807) is 36.4 Å². The summed E-state index contributed by atoms with van der Waals surface area (Å²) in [6, 6.07) is 11.0. The molecule has 0 aromatic heterocycles. The zero-order chi connectivity index (χ0) is 16.1. The Morgan fingerprint density at radius 1 is 1.14 bits per heavy atom. The zero-order valence-electron chi connectivity index (χ0n) is 11.3. The first-order valence-corrected chi connectivity index (χ1v) is 7.03. The van der Waals surface area contributed by atoms with Crippen molar-refractivity contribution < 1.29 is 14.3 Å². The minimum atomic E-state index is -0.749. The van der Waals surface area contributed by atoms with Crippen LogP contribution in [0.25, 0.3) is 0 Å². The van der Waals surface area contributed by atoms with Crippen molar-refractivity contribution in [2.24, 2.45) is 5.73 Å². The van der Waals surface area contributed by atoms with Crippen molar-refractivity contribution in [3.8, 4) is 5.75 Å². The fourth-order valence-corrected chi connectivity index (χ4v) is 2.04. The van der Waals surface area contributed by atoms with Gasteiger partial charge in [0.25, 0.3) is 0 Å². The van der Waals surface area contributed by atoms with E-state index in [0.717, 1.165) is 0 Å². The summed E-state index contributed by atoms with van der Waals surface area (Å²) in [5.41, 5.74) is 5.99. The van der Waals surface area contributed by atoms with Gasteiger partial charge in [-0.3, -0.25) is 10.1 Å². The number of hydrogen-bond acceptors (Lipinski definition) is 4. The lowest BCUT2D eigenvalue weighted by Crippen LogP contribution is -2.18. The van der Waals surface area contributed by atoms with Crippen LogP contribution in [0.4, 0.5) is 10.5 Å². The summed E-state index contributed by atoms with van der Waals surface area (Å²) in [5, 5.41) is 3.01. The Kier molecular flexibility index (Phi) is 5.38. The van der Waals surface area contributed by atoms with Gasteiger partial charge < -0.3 is 10.5 Å². The van der Waals surface area contributed by atoms with Crippen LogP contribution in [0.3, 0.4) is 0 Å². The Hall–Kier alpha value is -2.08. The van der Waals surface area contributed by atoms with Crippen LogP contribution in [0.5, 0.6) is 5.75 Å². The van der Waals surface area contributed by atoms with Crippen molar-refractivity contribution in [1.29, 1.82) is 0 Å². The van der Waals surface area contributed by atoms with Crippen LogP contribution in [-0.4, -0.2) is 18.4 Å². The predicted octanol–water partition coefficient (Wildman–Crippen LogP) is 3.75. The molecule has 0 atom stereocenters. The van der Waals surface area contributed by atoms with Crippen LogP contribution in [0.1, 0.15) is 10.4 Å². The number of amides is 1.